The van der Waals surface area contributed by atoms with Gasteiger partial charge in [0.05, 0.1) is 11.1 Å². The lowest BCUT2D eigenvalue weighted by atomic mass is 10.0. The van der Waals surface area contributed by atoms with Crippen LogP contribution in [0.5, 0.6) is 0 Å². The van der Waals surface area contributed by atoms with Crippen LogP contribution >= 0.6 is 0 Å². The van der Waals surface area contributed by atoms with Crippen LogP contribution in [-0.4, -0.2) is 12.1 Å². The molecule has 1 rings (SSSR count). The van der Waals surface area contributed by atoms with Crippen molar-refractivity contribution < 1.29 is 27.1 Å². The molecule has 0 N–H and O–H groups in total. The molecule has 26 heavy (non-hydrogen) atoms. The molecule has 0 aliphatic carbocycles. The Morgan fingerprint density at radius 1 is 1.00 bits per heavy atom. The van der Waals surface area contributed by atoms with Crippen molar-refractivity contribution in [2.24, 2.45) is 0 Å². The minimum Gasteiger partial charge on any atom is -0.459 e. The molecule has 0 aliphatic heterocycles. The lowest BCUT2D eigenvalue weighted by molar-refractivity contribution is -0.140. The molecule has 0 radical (unpaired) electrons. The Hall–Kier alpha value is -1.59. The predicted molar refractivity (Wildman–Crippen MR) is 93.5 cm³/mol. The summed E-state index contributed by atoms with van der Waals surface area (Å²) in [6.07, 6.45) is 3.31. The van der Waals surface area contributed by atoms with Crippen molar-refractivity contribution in [2.45, 2.75) is 83.9 Å². The van der Waals surface area contributed by atoms with Crippen LogP contribution in [0.4, 0.5) is 17.6 Å². The van der Waals surface area contributed by atoms with Gasteiger partial charge in [-0.3, -0.25) is 0 Å². The molecule has 0 aromatic heterocycles. The number of benzene rings is 1. The van der Waals surface area contributed by atoms with E-state index < -0.39 is 23.5 Å². The number of carbonyl (C=O) groups excluding carboxylic acids is 1. The summed E-state index contributed by atoms with van der Waals surface area (Å²) in [6, 6.07) is 2.22. The molecule has 0 fully saturated rings. The largest absolute Gasteiger partial charge is 0.459 e. The van der Waals surface area contributed by atoms with Crippen LogP contribution in [0.25, 0.3) is 0 Å². The van der Waals surface area contributed by atoms with Crippen LogP contribution in [0.15, 0.2) is 18.2 Å². The molecule has 0 saturated carbocycles. The molecule has 2 nitrogen and oxygen atoms in total. The first-order chi connectivity index (χ1) is 12.3. The van der Waals surface area contributed by atoms with E-state index in [9.17, 15) is 22.4 Å². The van der Waals surface area contributed by atoms with Gasteiger partial charge in [-0.1, -0.05) is 46.0 Å². The topological polar surface area (TPSA) is 26.3 Å². The number of halogens is 4. The molecule has 0 aliphatic rings. The van der Waals surface area contributed by atoms with E-state index >= 15 is 0 Å². The Bertz CT molecular complexity index is 555. The number of esters is 1. The summed E-state index contributed by atoms with van der Waals surface area (Å²) in [4.78, 5) is 12.3. The average molecular weight is 376 g/mol. The summed E-state index contributed by atoms with van der Waals surface area (Å²) in [7, 11) is 0. The van der Waals surface area contributed by atoms with Gasteiger partial charge in [-0.25, -0.2) is 9.18 Å². The van der Waals surface area contributed by atoms with Gasteiger partial charge in [-0.2, -0.15) is 13.2 Å². The van der Waals surface area contributed by atoms with Gasteiger partial charge in [-0.05, 0) is 43.9 Å². The summed E-state index contributed by atoms with van der Waals surface area (Å²) >= 11 is 0. The normalized spacial score (nSPS) is 12.8. The maximum absolute atomic E-state index is 13.4. The van der Waals surface area contributed by atoms with Crippen molar-refractivity contribution in [3.8, 4) is 0 Å². The molecule has 0 bridgehead atoms. The molecule has 1 unspecified atom stereocenters. The van der Waals surface area contributed by atoms with E-state index in [0.717, 1.165) is 51.0 Å². The Morgan fingerprint density at radius 2 is 1.58 bits per heavy atom. The second-order valence-electron chi connectivity index (χ2n) is 6.56. The van der Waals surface area contributed by atoms with Crippen LogP contribution in [0.2, 0.25) is 0 Å². The SMILES string of the molecule is CCCCCCC(CCCCC)OC(=O)c1ccc(F)c(C(F)(F)F)c1. The highest BCUT2D eigenvalue weighted by Gasteiger charge is 2.35. The van der Waals surface area contributed by atoms with Crippen LogP contribution in [0.1, 0.15) is 87.6 Å². The minimum atomic E-state index is -4.85. The molecule has 148 valence electrons. The number of rotatable bonds is 11. The molecule has 6 heteroatoms. The van der Waals surface area contributed by atoms with Gasteiger partial charge in [0.15, 0.2) is 0 Å². The van der Waals surface area contributed by atoms with Gasteiger partial charge in [0.1, 0.15) is 11.9 Å². The number of alkyl halides is 3. The van der Waals surface area contributed by atoms with Gasteiger partial charge in [0.2, 0.25) is 0 Å². The van der Waals surface area contributed by atoms with E-state index in [4.69, 9.17) is 4.74 Å². The second kappa shape index (κ2) is 11.2. The number of hydrogen-bond donors (Lipinski definition) is 0. The Morgan fingerprint density at radius 3 is 2.15 bits per heavy atom. The van der Waals surface area contributed by atoms with Gasteiger partial charge in [-0.15, -0.1) is 0 Å². The summed E-state index contributed by atoms with van der Waals surface area (Å²) in [5.41, 5.74) is -1.72. The first kappa shape index (κ1) is 22.5. The van der Waals surface area contributed by atoms with Crippen molar-refractivity contribution in [2.75, 3.05) is 0 Å². The molecule has 1 aromatic carbocycles. The highest BCUT2D eigenvalue weighted by Crippen LogP contribution is 2.32. The molecular formula is C20H28F4O2. The van der Waals surface area contributed by atoms with Gasteiger partial charge < -0.3 is 4.74 Å². The molecule has 0 spiro atoms. The van der Waals surface area contributed by atoms with Crippen molar-refractivity contribution in [1.29, 1.82) is 0 Å². The maximum Gasteiger partial charge on any atom is 0.419 e. The van der Waals surface area contributed by atoms with Crippen LogP contribution < -0.4 is 0 Å². The summed E-state index contributed by atoms with van der Waals surface area (Å²) < 4.78 is 57.2. The minimum absolute atomic E-state index is 0.271. The number of unbranched alkanes of at least 4 members (excludes halogenated alkanes) is 5. The Labute approximate surface area is 152 Å². The molecule has 0 amide bonds. The zero-order valence-corrected chi connectivity index (χ0v) is 15.5. The van der Waals surface area contributed by atoms with E-state index in [1.807, 2.05) is 0 Å². The zero-order chi connectivity index (χ0) is 19.6. The fourth-order valence-electron chi connectivity index (χ4n) is 2.77. The van der Waals surface area contributed by atoms with E-state index in [-0.39, 0.29) is 11.7 Å². The molecule has 0 heterocycles. The number of hydrogen-bond acceptors (Lipinski definition) is 2. The van der Waals surface area contributed by atoms with Crippen molar-refractivity contribution in [3.05, 3.63) is 35.1 Å². The quantitative estimate of drug-likeness (QED) is 0.238. The maximum atomic E-state index is 13.4. The van der Waals surface area contributed by atoms with E-state index in [2.05, 4.69) is 13.8 Å². The zero-order valence-electron chi connectivity index (χ0n) is 15.5. The molecule has 0 saturated heterocycles. The Balaban J connectivity index is 2.77. The number of ether oxygens (including phenoxy) is 1. The van der Waals surface area contributed by atoms with E-state index in [0.29, 0.717) is 25.0 Å². The third-order valence-electron chi connectivity index (χ3n) is 4.29. The first-order valence-corrected chi connectivity index (χ1v) is 9.37. The van der Waals surface area contributed by atoms with Gasteiger partial charge in [0.25, 0.3) is 0 Å². The second-order valence-corrected chi connectivity index (χ2v) is 6.56. The fraction of sp³-hybridized carbons (Fsp3) is 0.650. The lowest BCUT2D eigenvalue weighted by Gasteiger charge is -2.18. The van der Waals surface area contributed by atoms with Crippen molar-refractivity contribution in [1.82, 2.24) is 0 Å². The van der Waals surface area contributed by atoms with Crippen LogP contribution in [0.3, 0.4) is 0 Å². The first-order valence-electron chi connectivity index (χ1n) is 9.37. The average Bonchev–Trinajstić information content (AvgIpc) is 2.58. The highest BCUT2D eigenvalue weighted by molar-refractivity contribution is 5.89. The Kier molecular flexibility index (Phi) is 9.66. The van der Waals surface area contributed by atoms with E-state index in [1.165, 1.54) is 0 Å². The predicted octanol–water partition coefficient (Wildman–Crippen LogP) is 6.92. The molecule has 1 aromatic rings. The van der Waals surface area contributed by atoms with Crippen molar-refractivity contribution >= 4 is 5.97 Å². The van der Waals surface area contributed by atoms with Gasteiger partial charge >= 0.3 is 12.1 Å². The third kappa shape index (κ3) is 7.75. The van der Waals surface area contributed by atoms with E-state index in [1.54, 1.807) is 0 Å². The number of carbonyl (C=O) groups is 1. The highest BCUT2D eigenvalue weighted by atomic mass is 19.4. The smallest absolute Gasteiger partial charge is 0.419 e. The monoisotopic (exact) mass is 376 g/mol. The standard InChI is InChI=1S/C20H28F4O2/c1-3-5-7-9-11-16(10-8-6-4-2)26-19(25)15-12-13-18(21)17(14-15)20(22,23)24/h12-14,16H,3-11H2,1-2H3. The summed E-state index contributed by atoms with van der Waals surface area (Å²) in [5.74, 6) is -2.22. The molecular weight excluding hydrogens is 348 g/mol. The van der Waals surface area contributed by atoms with Crippen LogP contribution in [0, 0.1) is 5.82 Å². The van der Waals surface area contributed by atoms with Gasteiger partial charge in [0, 0.05) is 0 Å². The van der Waals surface area contributed by atoms with Crippen LogP contribution in [-0.2, 0) is 10.9 Å². The fourth-order valence-corrected chi connectivity index (χ4v) is 2.77. The third-order valence-corrected chi connectivity index (χ3v) is 4.29. The molecule has 1 atom stereocenters. The summed E-state index contributed by atoms with van der Waals surface area (Å²) in [6.45, 7) is 4.17. The lowest BCUT2D eigenvalue weighted by Crippen LogP contribution is -2.19. The summed E-state index contributed by atoms with van der Waals surface area (Å²) in [5, 5.41) is 0. The van der Waals surface area contributed by atoms with Crippen molar-refractivity contribution in [3.63, 3.8) is 0 Å².